The van der Waals surface area contributed by atoms with Crippen molar-refractivity contribution in [3.63, 3.8) is 0 Å². The van der Waals surface area contributed by atoms with E-state index in [1.807, 2.05) is 0 Å². The fraction of sp³-hybridized carbons (Fsp3) is 0.571. The number of carbonyl (C=O) groups is 1. The lowest BCUT2D eigenvalue weighted by molar-refractivity contribution is -0.121. The summed E-state index contributed by atoms with van der Waals surface area (Å²) in [5.41, 5.74) is 0.679. The van der Waals surface area contributed by atoms with E-state index in [0.29, 0.717) is 49.3 Å². The van der Waals surface area contributed by atoms with Gasteiger partial charge in [0.05, 0.1) is 4.90 Å². The summed E-state index contributed by atoms with van der Waals surface area (Å²) in [7, 11) is -3.46. The van der Waals surface area contributed by atoms with Crippen LogP contribution in [-0.2, 0) is 21.2 Å². The van der Waals surface area contributed by atoms with Crippen LogP contribution in [0.25, 0.3) is 11.4 Å². The lowest BCUT2D eigenvalue weighted by atomic mass is 10.2. The van der Waals surface area contributed by atoms with Gasteiger partial charge >= 0.3 is 0 Å². The van der Waals surface area contributed by atoms with Crippen LogP contribution in [0.3, 0.4) is 0 Å². The van der Waals surface area contributed by atoms with Gasteiger partial charge in [0.2, 0.25) is 27.6 Å². The highest BCUT2D eigenvalue weighted by atomic mass is 32.2. The largest absolute Gasteiger partial charge is 0.353 e. The third-order valence-corrected chi connectivity index (χ3v) is 7.73. The van der Waals surface area contributed by atoms with E-state index in [9.17, 15) is 13.2 Å². The molecule has 2 aliphatic rings. The summed E-state index contributed by atoms with van der Waals surface area (Å²) in [5.74, 6) is 0.800. The van der Waals surface area contributed by atoms with Crippen molar-refractivity contribution in [2.75, 3.05) is 13.1 Å². The van der Waals surface area contributed by atoms with Crippen molar-refractivity contribution in [2.24, 2.45) is 0 Å². The molecule has 1 aliphatic carbocycles. The van der Waals surface area contributed by atoms with Crippen LogP contribution in [-0.4, -0.2) is 47.9 Å². The van der Waals surface area contributed by atoms with Gasteiger partial charge in [0.1, 0.15) is 0 Å². The summed E-state index contributed by atoms with van der Waals surface area (Å²) in [6.45, 7) is 1.15. The Morgan fingerprint density at radius 3 is 2.47 bits per heavy atom. The van der Waals surface area contributed by atoms with Crippen LogP contribution >= 0.6 is 0 Å². The molecule has 2 aromatic rings. The zero-order chi connectivity index (χ0) is 21.0. The third kappa shape index (κ3) is 4.89. The van der Waals surface area contributed by atoms with Crippen LogP contribution < -0.4 is 5.32 Å². The molecule has 0 atom stereocenters. The topological polar surface area (TPSA) is 105 Å². The number of carbonyl (C=O) groups excluding carboxylic acids is 1. The first-order valence-corrected chi connectivity index (χ1v) is 12.2. The van der Waals surface area contributed by atoms with Gasteiger partial charge in [0, 0.05) is 37.5 Å². The van der Waals surface area contributed by atoms with Crippen LogP contribution in [0.5, 0.6) is 0 Å². The molecule has 1 amide bonds. The zero-order valence-electron chi connectivity index (χ0n) is 17.0. The number of aryl methyl sites for hydroxylation is 1. The third-order valence-electron chi connectivity index (χ3n) is 5.82. The van der Waals surface area contributed by atoms with Crippen LogP contribution in [0.4, 0.5) is 0 Å². The van der Waals surface area contributed by atoms with Gasteiger partial charge in [-0.3, -0.25) is 4.79 Å². The summed E-state index contributed by atoms with van der Waals surface area (Å²) >= 11 is 0. The standard InChI is InChI=1S/C21H28N4O4S/c26-19(22-17-6-2-3-7-17)12-13-20-23-21(24-29-20)16-8-10-18(11-9-16)30(27,28)25-14-4-1-5-15-25/h8-11,17H,1-7,12-15H2,(H,22,26). The molecular weight excluding hydrogens is 404 g/mol. The summed E-state index contributed by atoms with van der Waals surface area (Å²) in [5, 5.41) is 7.02. The summed E-state index contributed by atoms with van der Waals surface area (Å²) in [6, 6.07) is 6.86. The Bertz CT molecular complexity index is 959. The number of hydrogen-bond donors (Lipinski definition) is 1. The van der Waals surface area contributed by atoms with Crippen molar-refractivity contribution in [1.29, 1.82) is 0 Å². The highest BCUT2D eigenvalue weighted by molar-refractivity contribution is 7.89. The van der Waals surface area contributed by atoms with Gasteiger partial charge in [-0.05, 0) is 49.9 Å². The minimum atomic E-state index is -3.46. The lowest BCUT2D eigenvalue weighted by Gasteiger charge is -2.25. The average molecular weight is 433 g/mol. The Hall–Kier alpha value is -2.26. The highest BCUT2D eigenvalue weighted by Crippen LogP contribution is 2.24. The maximum absolute atomic E-state index is 12.8. The molecule has 1 aromatic carbocycles. The molecule has 1 N–H and O–H groups in total. The monoisotopic (exact) mass is 432 g/mol. The molecule has 0 bridgehead atoms. The Morgan fingerprint density at radius 1 is 1.07 bits per heavy atom. The Morgan fingerprint density at radius 2 is 1.77 bits per heavy atom. The molecule has 1 saturated heterocycles. The van der Waals surface area contributed by atoms with Crippen molar-refractivity contribution in [2.45, 2.75) is 68.7 Å². The zero-order valence-corrected chi connectivity index (χ0v) is 17.9. The number of amides is 1. The van der Waals surface area contributed by atoms with Gasteiger partial charge in [-0.2, -0.15) is 9.29 Å². The quantitative estimate of drug-likeness (QED) is 0.721. The number of sulfonamides is 1. The number of benzene rings is 1. The predicted molar refractivity (Wildman–Crippen MR) is 111 cm³/mol. The fourth-order valence-electron chi connectivity index (χ4n) is 4.09. The van der Waals surface area contributed by atoms with E-state index in [2.05, 4.69) is 15.5 Å². The van der Waals surface area contributed by atoms with Crippen molar-refractivity contribution >= 4 is 15.9 Å². The van der Waals surface area contributed by atoms with E-state index >= 15 is 0 Å². The average Bonchev–Trinajstić information content (AvgIpc) is 3.45. The van der Waals surface area contributed by atoms with E-state index in [1.165, 1.54) is 12.8 Å². The molecule has 162 valence electrons. The number of aromatic nitrogens is 2. The Balaban J connectivity index is 1.35. The second kappa shape index (κ2) is 9.26. The molecule has 0 spiro atoms. The van der Waals surface area contributed by atoms with Crippen LogP contribution in [0, 0.1) is 0 Å². The van der Waals surface area contributed by atoms with Crippen LogP contribution in [0.1, 0.15) is 57.3 Å². The molecule has 30 heavy (non-hydrogen) atoms. The second-order valence-electron chi connectivity index (χ2n) is 8.05. The van der Waals surface area contributed by atoms with Crippen molar-refractivity contribution in [3.05, 3.63) is 30.2 Å². The maximum Gasteiger partial charge on any atom is 0.243 e. The predicted octanol–water partition coefficient (Wildman–Crippen LogP) is 2.90. The summed E-state index contributed by atoms with van der Waals surface area (Å²) in [4.78, 5) is 16.7. The fourth-order valence-corrected chi connectivity index (χ4v) is 5.61. The Kier molecular flexibility index (Phi) is 6.48. The molecule has 8 nitrogen and oxygen atoms in total. The second-order valence-corrected chi connectivity index (χ2v) is 9.99. The molecule has 9 heteroatoms. The minimum absolute atomic E-state index is 0.00826. The first kappa shape index (κ1) is 21.0. The molecule has 0 radical (unpaired) electrons. The number of hydrogen-bond acceptors (Lipinski definition) is 6. The van der Waals surface area contributed by atoms with Gasteiger partial charge in [-0.1, -0.05) is 24.4 Å². The van der Waals surface area contributed by atoms with Gasteiger partial charge in [-0.15, -0.1) is 0 Å². The van der Waals surface area contributed by atoms with E-state index in [0.717, 1.165) is 32.1 Å². The van der Waals surface area contributed by atoms with Crippen molar-refractivity contribution in [3.8, 4) is 11.4 Å². The smallest absolute Gasteiger partial charge is 0.243 e. The number of nitrogens with zero attached hydrogens (tertiary/aromatic N) is 3. The first-order chi connectivity index (χ1) is 14.5. The maximum atomic E-state index is 12.8. The van der Waals surface area contributed by atoms with Crippen LogP contribution in [0.2, 0.25) is 0 Å². The van der Waals surface area contributed by atoms with Gasteiger partial charge in [0.25, 0.3) is 0 Å². The summed E-state index contributed by atoms with van der Waals surface area (Å²) in [6.07, 6.45) is 8.04. The van der Waals surface area contributed by atoms with E-state index in [-0.39, 0.29) is 10.8 Å². The van der Waals surface area contributed by atoms with E-state index in [1.54, 1.807) is 28.6 Å². The summed E-state index contributed by atoms with van der Waals surface area (Å²) < 4.78 is 32.3. The SMILES string of the molecule is O=C(CCc1nc(-c2ccc(S(=O)(=O)N3CCCCC3)cc2)no1)NC1CCCC1. The highest BCUT2D eigenvalue weighted by Gasteiger charge is 2.26. The van der Waals surface area contributed by atoms with Gasteiger partial charge in [0.15, 0.2) is 0 Å². The van der Waals surface area contributed by atoms with Gasteiger partial charge in [-0.25, -0.2) is 8.42 Å². The normalized spacial score (nSPS) is 18.5. The van der Waals surface area contributed by atoms with Crippen LogP contribution in [0.15, 0.2) is 33.7 Å². The molecule has 2 heterocycles. The molecule has 4 rings (SSSR count). The van der Waals surface area contributed by atoms with Crippen molar-refractivity contribution < 1.29 is 17.7 Å². The molecule has 1 aromatic heterocycles. The number of rotatable bonds is 7. The minimum Gasteiger partial charge on any atom is -0.353 e. The number of nitrogens with one attached hydrogen (secondary N) is 1. The number of piperidine rings is 1. The lowest BCUT2D eigenvalue weighted by Crippen LogP contribution is -2.35. The van der Waals surface area contributed by atoms with Gasteiger partial charge < -0.3 is 9.84 Å². The molecule has 1 aliphatic heterocycles. The van der Waals surface area contributed by atoms with E-state index < -0.39 is 10.0 Å². The first-order valence-electron chi connectivity index (χ1n) is 10.7. The molecule has 2 fully saturated rings. The molecule has 1 saturated carbocycles. The van der Waals surface area contributed by atoms with Crippen molar-refractivity contribution in [1.82, 2.24) is 19.8 Å². The molecule has 0 unspecified atom stereocenters. The van der Waals surface area contributed by atoms with E-state index in [4.69, 9.17) is 4.52 Å². The molecular formula is C21H28N4O4S. The Labute approximate surface area is 177 Å².